The number of amides is 2. The van der Waals surface area contributed by atoms with Crippen LogP contribution >= 0.6 is 0 Å². The first-order chi connectivity index (χ1) is 10.4. The Kier molecular flexibility index (Phi) is 7.84. The number of carbonyl (C=O) groups is 1. The molecular formula is C16H26FN3O2. The molecule has 3 N–H and O–H groups in total. The molecule has 1 aromatic rings. The summed E-state index contributed by atoms with van der Waals surface area (Å²) in [7, 11) is 3.75. The van der Waals surface area contributed by atoms with Crippen LogP contribution in [0.4, 0.5) is 9.18 Å². The Balaban J connectivity index is 2.45. The van der Waals surface area contributed by atoms with E-state index in [2.05, 4.69) is 10.6 Å². The number of aliphatic hydroxyl groups excluding tert-OH is 1. The van der Waals surface area contributed by atoms with Gasteiger partial charge in [0, 0.05) is 25.2 Å². The highest BCUT2D eigenvalue weighted by Gasteiger charge is 2.08. The quantitative estimate of drug-likeness (QED) is 0.686. The average Bonchev–Trinajstić information content (AvgIpc) is 2.45. The van der Waals surface area contributed by atoms with Crippen molar-refractivity contribution in [1.29, 1.82) is 0 Å². The average molecular weight is 311 g/mol. The highest BCUT2D eigenvalue weighted by atomic mass is 19.1. The summed E-state index contributed by atoms with van der Waals surface area (Å²) in [6, 6.07) is 4.48. The van der Waals surface area contributed by atoms with Crippen LogP contribution in [0.3, 0.4) is 0 Å². The molecule has 1 unspecified atom stereocenters. The number of carbonyl (C=O) groups excluding carboxylic acids is 1. The lowest BCUT2D eigenvalue weighted by molar-refractivity contribution is 0.160. The second kappa shape index (κ2) is 9.38. The predicted molar refractivity (Wildman–Crippen MR) is 84.9 cm³/mol. The van der Waals surface area contributed by atoms with E-state index >= 15 is 0 Å². The van der Waals surface area contributed by atoms with Crippen LogP contribution in [0.15, 0.2) is 18.2 Å². The number of hydrogen-bond acceptors (Lipinski definition) is 3. The third kappa shape index (κ3) is 6.87. The maximum Gasteiger partial charge on any atom is 0.315 e. The van der Waals surface area contributed by atoms with Crippen molar-refractivity contribution in [3.63, 3.8) is 0 Å². The Morgan fingerprint density at radius 3 is 2.73 bits per heavy atom. The molecule has 0 spiro atoms. The van der Waals surface area contributed by atoms with E-state index in [-0.39, 0.29) is 18.4 Å². The number of nitrogens with one attached hydrogen (secondary N) is 2. The Labute approximate surface area is 131 Å². The Morgan fingerprint density at radius 2 is 2.09 bits per heavy atom. The third-order valence-corrected chi connectivity index (χ3v) is 3.17. The van der Waals surface area contributed by atoms with Gasteiger partial charge in [0.25, 0.3) is 0 Å². The minimum Gasteiger partial charge on any atom is -0.391 e. The van der Waals surface area contributed by atoms with Crippen LogP contribution < -0.4 is 10.6 Å². The number of urea groups is 1. The van der Waals surface area contributed by atoms with Gasteiger partial charge < -0.3 is 20.6 Å². The van der Waals surface area contributed by atoms with E-state index in [0.29, 0.717) is 25.1 Å². The van der Waals surface area contributed by atoms with Gasteiger partial charge in [-0.2, -0.15) is 0 Å². The predicted octanol–water partition coefficient (Wildman–Crippen LogP) is 1.85. The number of hydrogen-bond donors (Lipinski definition) is 3. The first-order valence-electron chi connectivity index (χ1n) is 7.54. The highest BCUT2D eigenvalue weighted by Crippen LogP contribution is 2.12. The molecule has 1 rings (SSSR count). The van der Waals surface area contributed by atoms with E-state index in [4.69, 9.17) is 0 Å². The molecule has 0 aliphatic heterocycles. The Bertz CT molecular complexity index is 480. The van der Waals surface area contributed by atoms with Crippen LogP contribution in [0.2, 0.25) is 0 Å². The topological polar surface area (TPSA) is 64.6 Å². The van der Waals surface area contributed by atoms with Gasteiger partial charge in [-0.1, -0.05) is 19.4 Å². The highest BCUT2D eigenvalue weighted by molar-refractivity contribution is 5.73. The molecule has 0 heterocycles. The van der Waals surface area contributed by atoms with Crippen molar-refractivity contribution < 1.29 is 14.3 Å². The summed E-state index contributed by atoms with van der Waals surface area (Å²) in [5, 5.41) is 14.9. The number of rotatable bonds is 8. The molecule has 22 heavy (non-hydrogen) atoms. The minimum absolute atomic E-state index is 0.231. The second-order valence-corrected chi connectivity index (χ2v) is 5.67. The molecule has 5 nitrogen and oxygen atoms in total. The first kappa shape index (κ1) is 18.4. The van der Waals surface area contributed by atoms with Gasteiger partial charge in [-0.15, -0.1) is 0 Å². The zero-order chi connectivity index (χ0) is 16.5. The summed E-state index contributed by atoms with van der Waals surface area (Å²) in [4.78, 5) is 13.5. The van der Waals surface area contributed by atoms with E-state index in [0.717, 1.165) is 12.0 Å². The molecule has 1 atom stereocenters. The standard InChI is InChI=1S/C16H26FN3O2/c1-4-5-14(21)10-19-16(22)18-9-12-6-7-15(17)13(8-12)11-20(2)3/h6-8,14,21H,4-5,9-11H2,1-3H3,(H2,18,19,22). The summed E-state index contributed by atoms with van der Waals surface area (Å²) in [5.41, 5.74) is 1.44. The van der Waals surface area contributed by atoms with E-state index < -0.39 is 6.10 Å². The van der Waals surface area contributed by atoms with Crippen molar-refractivity contribution in [3.8, 4) is 0 Å². The summed E-state index contributed by atoms with van der Waals surface area (Å²) in [6.45, 7) is 3.03. The number of halogens is 1. The SMILES string of the molecule is CCCC(O)CNC(=O)NCc1ccc(F)c(CN(C)C)c1. The molecule has 0 aromatic heterocycles. The smallest absolute Gasteiger partial charge is 0.315 e. The molecule has 2 amide bonds. The van der Waals surface area contributed by atoms with Gasteiger partial charge in [-0.05, 0) is 38.2 Å². The number of benzene rings is 1. The lowest BCUT2D eigenvalue weighted by atomic mass is 10.1. The maximum absolute atomic E-state index is 13.7. The van der Waals surface area contributed by atoms with Crippen molar-refractivity contribution in [2.24, 2.45) is 0 Å². The van der Waals surface area contributed by atoms with Gasteiger partial charge in [0.15, 0.2) is 0 Å². The van der Waals surface area contributed by atoms with Crippen LogP contribution in [0.25, 0.3) is 0 Å². The van der Waals surface area contributed by atoms with Crippen LogP contribution in [0.5, 0.6) is 0 Å². The fourth-order valence-electron chi connectivity index (χ4n) is 2.09. The fraction of sp³-hybridized carbons (Fsp3) is 0.562. The molecule has 1 aromatic carbocycles. The maximum atomic E-state index is 13.7. The second-order valence-electron chi connectivity index (χ2n) is 5.67. The zero-order valence-electron chi connectivity index (χ0n) is 13.5. The molecule has 0 aliphatic rings. The van der Waals surface area contributed by atoms with Gasteiger partial charge >= 0.3 is 6.03 Å². The fourth-order valence-corrected chi connectivity index (χ4v) is 2.09. The van der Waals surface area contributed by atoms with Gasteiger partial charge in [-0.25, -0.2) is 9.18 Å². The molecule has 124 valence electrons. The summed E-state index contributed by atoms with van der Waals surface area (Å²) in [6.07, 6.45) is 1.01. The van der Waals surface area contributed by atoms with Crippen molar-refractivity contribution in [2.75, 3.05) is 20.6 Å². The van der Waals surface area contributed by atoms with Gasteiger partial charge in [0.2, 0.25) is 0 Å². The molecule has 0 fully saturated rings. The molecule has 0 aliphatic carbocycles. The van der Waals surface area contributed by atoms with Crippen molar-refractivity contribution >= 4 is 6.03 Å². The van der Waals surface area contributed by atoms with Crippen molar-refractivity contribution in [3.05, 3.63) is 35.1 Å². The van der Waals surface area contributed by atoms with Gasteiger partial charge in [0.1, 0.15) is 5.82 Å². The van der Waals surface area contributed by atoms with Gasteiger partial charge in [0.05, 0.1) is 6.10 Å². The largest absolute Gasteiger partial charge is 0.391 e. The summed E-state index contributed by atoms with van der Waals surface area (Å²) in [5.74, 6) is -0.246. The number of nitrogens with zero attached hydrogens (tertiary/aromatic N) is 1. The van der Waals surface area contributed by atoms with E-state index in [9.17, 15) is 14.3 Å². The molecular weight excluding hydrogens is 285 g/mol. The lowest BCUT2D eigenvalue weighted by Crippen LogP contribution is -2.39. The molecule has 0 bridgehead atoms. The number of aliphatic hydroxyl groups is 1. The van der Waals surface area contributed by atoms with Crippen LogP contribution in [0, 0.1) is 5.82 Å². The molecule has 0 saturated carbocycles. The van der Waals surface area contributed by atoms with Crippen LogP contribution in [-0.2, 0) is 13.1 Å². The minimum atomic E-state index is -0.520. The van der Waals surface area contributed by atoms with Gasteiger partial charge in [-0.3, -0.25) is 0 Å². The van der Waals surface area contributed by atoms with Crippen LogP contribution in [-0.4, -0.2) is 42.8 Å². The Morgan fingerprint density at radius 1 is 1.36 bits per heavy atom. The van der Waals surface area contributed by atoms with E-state index in [1.54, 1.807) is 12.1 Å². The summed E-state index contributed by atoms with van der Waals surface area (Å²) >= 11 is 0. The van der Waals surface area contributed by atoms with E-state index in [1.165, 1.54) is 6.07 Å². The third-order valence-electron chi connectivity index (χ3n) is 3.17. The monoisotopic (exact) mass is 311 g/mol. The Hall–Kier alpha value is -1.66. The molecule has 0 radical (unpaired) electrons. The molecule has 0 saturated heterocycles. The lowest BCUT2D eigenvalue weighted by Gasteiger charge is -2.13. The van der Waals surface area contributed by atoms with Crippen LogP contribution in [0.1, 0.15) is 30.9 Å². The first-order valence-corrected chi connectivity index (χ1v) is 7.54. The normalized spacial score (nSPS) is 12.3. The summed E-state index contributed by atoms with van der Waals surface area (Å²) < 4.78 is 13.7. The van der Waals surface area contributed by atoms with E-state index in [1.807, 2.05) is 25.9 Å². The van der Waals surface area contributed by atoms with Crippen molar-refractivity contribution in [1.82, 2.24) is 15.5 Å². The zero-order valence-corrected chi connectivity index (χ0v) is 13.5. The molecule has 6 heteroatoms. The van der Waals surface area contributed by atoms with Crippen molar-refractivity contribution in [2.45, 2.75) is 39.0 Å².